The molecule has 5 rings (SSSR count). The van der Waals surface area contributed by atoms with Crippen molar-refractivity contribution >= 4 is 11.6 Å². The molecular formula is C22H30N6O. The van der Waals surface area contributed by atoms with Gasteiger partial charge in [-0.25, -0.2) is 0 Å². The van der Waals surface area contributed by atoms with Crippen LogP contribution in [0.25, 0.3) is 0 Å². The molecule has 1 amide bonds. The summed E-state index contributed by atoms with van der Waals surface area (Å²) in [5.41, 5.74) is 2.01. The summed E-state index contributed by atoms with van der Waals surface area (Å²) in [6.07, 6.45) is 6.86. The van der Waals surface area contributed by atoms with E-state index < -0.39 is 0 Å². The van der Waals surface area contributed by atoms with Crippen LogP contribution in [0.5, 0.6) is 0 Å². The lowest BCUT2D eigenvalue weighted by Crippen LogP contribution is -2.34. The minimum atomic E-state index is 0.119. The molecule has 0 aliphatic carbocycles. The Hall–Kier alpha value is -2.41. The van der Waals surface area contributed by atoms with Crippen molar-refractivity contribution in [1.82, 2.24) is 25.0 Å². The molecule has 1 atom stereocenters. The van der Waals surface area contributed by atoms with Gasteiger partial charge in [0.1, 0.15) is 11.6 Å². The number of carbonyl (C=O) groups is 1. The number of anilines is 1. The molecular weight excluding hydrogens is 364 g/mol. The van der Waals surface area contributed by atoms with Crippen molar-refractivity contribution in [1.29, 1.82) is 0 Å². The van der Waals surface area contributed by atoms with Crippen molar-refractivity contribution in [3.8, 4) is 0 Å². The number of amides is 1. The highest BCUT2D eigenvalue weighted by atomic mass is 16.2. The van der Waals surface area contributed by atoms with Gasteiger partial charge in [-0.3, -0.25) is 4.79 Å². The van der Waals surface area contributed by atoms with E-state index in [-0.39, 0.29) is 5.91 Å². The minimum absolute atomic E-state index is 0.119. The molecule has 7 heteroatoms. The van der Waals surface area contributed by atoms with E-state index in [0.29, 0.717) is 19.1 Å². The molecule has 2 aromatic rings. The summed E-state index contributed by atoms with van der Waals surface area (Å²) >= 11 is 0. The highest BCUT2D eigenvalue weighted by molar-refractivity contribution is 5.94. The first-order valence-corrected chi connectivity index (χ1v) is 11.1. The van der Waals surface area contributed by atoms with Crippen molar-refractivity contribution < 1.29 is 4.79 Å². The number of piperidine rings is 1. The molecule has 0 radical (unpaired) electrons. The monoisotopic (exact) mass is 394 g/mol. The molecule has 154 valence electrons. The fraction of sp³-hybridized carbons (Fsp3) is 0.591. The average Bonchev–Trinajstić information content (AvgIpc) is 3.41. The second-order valence-corrected chi connectivity index (χ2v) is 8.41. The van der Waals surface area contributed by atoms with Crippen LogP contribution in [0.2, 0.25) is 0 Å². The average molecular weight is 395 g/mol. The van der Waals surface area contributed by atoms with Crippen LogP contribution in [-0.4, -0.2) is 58.3 Å². The minimum Gasteiger partial charge on any atom is -0.372 e. The molecule has 2 saturated heterocycles. The van der Waals surface area contributed by atoms with Crippen LogP contribution < -0.4 is 10.2 Å². The standard InChI is InChI=1S/C22H30N6O/c29-22(17-6-8-18(9-7-17)26-12-3-4-13-26)27-14-10-20-24-25-21(28(20)16-15-27)19-5-1-2-11-23-19/h6-9,19,23H,1-5,10-16H2/t19-/m0/s1. The largest absolute Gasteiger partial charge is 0.372 e. The Morgan fingerprint density at radius 1 is 0.931 bits per heavy atom. The lowest BCUT2D eigenvalue weighted by Gasteiger charge is -2.24. The van der Waals surface area contributed by atoms with E-state index in [1.54, 1.807) is 0 Å². The Kier molecular flexibility index (Phi) is 5.23. The Bertz CT molecular complexity index is 849. The van der Waals surface area contributed by atoms with E-state index in [1.807, 2.05) is 17.0 Å². The summed E-state index contributed by atoms with van der Waals surface area (Å²) in [6.45, 7) is 5.47. The van der Waals surface area contributed by atoms with E-state index in [1.165, 1.54) is 31.4 Å². The molecule has 29 heavy (non-hydrogen) atoms. The first kappa shape index (κ1) is 18.6. The lowest BCUT2D eigenvalue weighted by atomic mass is 10.0. The summed E-state index contributed by atoms with van der Waals surface area (Å²) in [5.74, 6) is 2.17. The molecule has 0 spiro atoms. The van der Waals surface area contributed by atoms with Gasteiger partial charge in [0.2, 0.25) is 0 Å². The van der Waals surface area contributed by atoms with Crippen LogP contribution in [0.1, 0.15) is 60.2 Å². The van der Waals surface area contributed by atoms with Gasteiger partial charge >= 0.3 is 0 Å². The number of nitrogens with zero attached hydrogens (tertiary/aromatic N) is 5. The van der Waals surface area contributed by atoms with Gasteiger partial charge in [0, 0.05) is 50.4 Å². The molecule has 1 aromatic carbocycles. The van der Waals surface area contributed by atoms with E-state index in [9.17, 15) is 4.79 Å². The van der Waals surface area contributed by atoms with Crippen molar-refractivity contribution in [2.24, 2.45) is 0 Å². The Labute approximate surface area is 172 Å². The van der Waals surface area contributed by atoms with Crippen molar-refractivity contribution in [3.05, 3.63) is 41.5 Å². The molecule has 0 saturated carbocycles. The van der Waals surface area contributed by atoms with E-state index >= 15 is 0 Å². The maximum absolute atomic E-state index is 13.1. The van der Waals surface area contributed by atoms with Gasteiger partial charge in [0.05, 0.1) is 6.04 Å². The molecule has 1 aromatic heterocycles. The predicted octanol–water partition coefficient (Wildman–Crippen LogP) is 2.39. The van der Waals surface area contributed by atoms with Gasteiger partial charge < -0.3 is 19.7 Å². The summed E-state index contributed by atoms with van der Waals surface area (Å²) < 4.78 is 2.24. The van der Waals surface area contributed by atoms with Gasteiger partial charge in [0.25, 0.3) is 5.91 Å². The highest BCUT2D eigenvalue weighted by Crippen LogP contribution is 2.24. The van der Waals surface area contributed by atoms with Gasteiger partial charge in [-0.05, 0) is 56.5 Å². The summed E-state index contributed by atoms with van der Waals surface area (Å²) in [6, 6.07) is 8.46. The van der Waals surface area contributed by atoms with Crippen molar-refractivity contribution in [2.75, 3.05) is 37.6 Å². The molecule has 1 N–H and O–H groups in total. The van der Waals surface area contributed by atoms with Crippen LogP contribution in [-0.2, 0) is 13.0 Å². The number of hydrogen-bond acceptors (Lipinski definition) is 5. The zero-order valence-corrected chi connectivity index (χ0v) is 17.0. The van der Waals surface area contributed by atoms with E-state index in [4.69, 9.17) is 0 Å². The topological polar surface area (TPSA) is 66.3 Å². The quantitative estimate of drug-likeness (QED) is 0.866. The Morgan fingerprint density at radius 2 is 1.76 bits per heavy atom. The third kappa shape index (κ3) is 3.75. The maximum atomic E-state index is 13.1. The molecule has 0 bridgehead atoms. The number of hydrogen-bond donors (Lipinski definition) is 1. The van der Waals surface area contributed by atoms with Crippen LogP contribution in [0.15, 0.2) is 24.3 Å². The van der Waals surface area contributed by atoms with E-state index in [0.717, 1.165) is 56.2 Å². The maximum Gasteiger partial charge on any atom is 0.253 e. The number of benzene rings is 1. The Balaban J connectivity index is 1.26. The molecule has 4 heterocycles. The van der Waals surface area contributed by atoms with Crippen LogP contribution in [0.4, 0.5) is 5.69 Å². The first-order valence-electron chi connectivity index (χ1n) is 11.1. The predicted molar refractivity (Wildman–Crippen MR) is 112 cm³/mol. The molecule has 2 fully saturated rings. The number of aromatic nitrogens is 3. The summed E-state index contributed by atoms with van der Waals surface area (Å²) in [7, 11) is 0. The molecule has 3 aliphatic heterocycles. The Morgan fingerprint density at radius 3 is 2.52 bits per heavy atom. The lowest BCUT2D eigenvalue weighted by molar-refractivity contribution is 0.0758. The normalized spacial score (nSPS) is 22.4. The number of rotatable bonds is 3. The second kappa shape index (κ2) is 8.14. The smallest absolute Gasteiger partial charge is 0.253 e. The van der Waals surface area contributed by atoms with Gasteiger partial charge in [-0.1, -0.05) is 6.42 Å². The van der Waals surface area contributed by atoms with Crippen molar-refractivity contribution in [3.63, 3.8) is 0 Å². The zero-order valence-electron chi connectivity index (χ0n) is 17.0. The van der Waals surface area contributed by atoms with Gasteiger partial charge in [-0.2, -0.15) is 0 Å². The van der Waals surface area contributed by atoms with Crippen LogP contribution in [0, 0.1) is 0 Å². The van der Waals surface area contributed by atoms with Crippen LogP contribution in [0.3, 0.4) is 0 Å². The number of nitrogens with one attached hydrogen (secondary N) is 1. The summed E-state index contributed by atoms with van der Waals surface area (Å²) in [5, 5.41) is 12.5. The third-order valence-corrected chi connectivity index (χ3v) is 6.55. The fourth-order valence-electron chi connectivity index (χ4n) is 4.85. The third-order valence-electron chi connectivity index (χ3n) is 6.55. The zero-order chi connectivity index (χ0) is 19.6. The number of fused-ring (bicyclic) bond motifs is 1. The summed E-state index contributed by atoms with van der Waals surface area (Å²) in [4.78, 5) is 17.5. The SMILES string of the molecule is O=C(c1ccc(N2CCCC2)cc1)N1CCc2nnc([C@@H]3CCCCN3)n2CC1. The highest BCUT2D eigenvalue weighted by Gasteiger charge is 2.26. The molecule has 7 nitrogen and oxygen atoms in total. The van der Waals surface area contributed by atoms with Gasteiger partial charge in [-0.15, -0.1) is 10.2 Å². The van der Waals surface area contributed by atoms with E-state index in [2.05, 4.69) is 37.1 Å². The van der Waals surface area contributed by atoms with Crippen molar-refractivity contribution in [2.45, 2.75) is 51.1 Å². The molecule has 0 unspecified atom stereocenters. The van der Waals surface area contributed by atoms with Crippen LogP contribution >= 0.6 is 0 Å². The fourth-order valence-corrected chi connectivity index (χ4v) is 4.85. The first-order chi connectivity index (χ1) is 14.3. The number of carbonyl (C=O) groups excluding carboxylic acids is 1. The van der Waals surface area contributed by atoms with Gasteiger partial charge in [0.15, 0.2) is 0 Å². The molecule has 3 aliphatic rings. The second-order valence-electron chi connectivity index (χ2n) is 8.41.